The van der Waals surface area contributed by atoms with E-state index >= 15 is 0 Å². The molecule has 0 radical (unpaired) electrons. The van der Waals surface area contributed by atoms with Crippen molar-refractivity contribution in [3.8, 4) is 17.1 Å². The topological polar surface area (TPSA) is 81.0 Å². The van der Waals surface area contributed by atoms with Gasteiger partial charge in [-0.15, -0.1) is 0 Å². The summed E-state index contributed by atoms with van der Waals surface area (Å²) in [6.07, 6.45) is 8.73. The highest BCUT2D eigenvalue weighted by Gasteiger charge is 2.16. The molecule has 3 heterocycles. The van der Waals surface area contributed by atoms with E-state index in [1.807, 2.05) is 24.1 Å². The molecular weight excluding hydrogens is 366 g/mol. The van der Waals surface area contributed by atoms with Crippen LogP contribution in [0.25, 0.3) is 11.1 Å². The van der Waals surface area contributed by atoms with Crippen LogP contribution in [0, 0.1) is 0 Å². The maximum absolute atomic E-state index is 5.31. The summed E-state index contributed by atoms with van der Waals surface area (Å²) in [7, 11) is 3.51. The number of anilines is 2. The van der Waals surface area contributed by atoms with Gasteiger partial charge in [-0.25, -0.2) is 0 Å². The number of hydrogen-bond donors (Lipinski definition) is 1. The summed E-state index contributed by atoms with van der Waals surface area (Å²) in [5.41, 5.74) is 3.37. The van der Waals surface area contributed by atoms with Crippen molar-refractivity contribution in [1.82, 2.24) is 24.7 Å². The van der Waals surface area contributed by atoms with Crippen LogP contribution in [-0.4, -0.2) is 44.9 Å². The lowest BCUT2D eigenvalue weighted by Crippen LogP contribution is -2.26. The highest BCUT2D eigenvalue weighted by atomic mass is 16.5. The molecule has 1 aromatic carbocycles. The van der Waals surface area contributed by atoms with Crippen molar-refractivity contribution in [1.29, 1.82) is 0 Å². The molecule has 0 amide bonds. The molecule has 1 saturated heterocycles. The van der Waals surface area contributed by atoms with Crippen LogP contribution < -0.4 is 15.0 Å². The number of methoxy groups -OCH3 is 1. The van der Waals surface area contributed by atoms with Crippen LogP contribution in [0.2, 0.25) is 0 Å². The zero-order chi connectivity index (χ0) is 20.1. The lowest BCUT2D eigenvalue weighted by Gasteiger charge is -2.20. The fraction of sp³-hybridized carbons (Fsp3) is 0.429. The molecule has 0 aliphatic carbocycles. The average Bonchev–Trinajstić information content (AvgIpc) is 3.01. The van der Waals surface area contributed by atoms with Gasteiger partial charge < -0.3 is 15.0 Å². The average molecular weight is 393 g/mol. The van der Waals surface area contributed by atoms with Crippen molar-refractivity contribution in [2.75, 3.05) is 30.4 Å². The Labute approximate surface area is 171 Å². The van der Waals surface area contributed by atoms with Crippen molar-refractivity contribution >= 4 is 11.9 Å². The number of nitrogens with zero attached hydrogens (tertiary/aromatic N) is 6. The minimum Gasteiger partial charge on any atom is -0.467 e. The Morgan fingerprint density at radius 1 is 1.03 bits per heavy atom. The standard InChI is InChI=1S/C21H27N7O/c1-27-15-18(14-23-27)17-9-7-8-16(12-17)13-22-19-24-20(26-21(25-19)29-2)28-10-5-3-4-6-11-28/h7-9,12,14-15H,3-6,10-11,13H2,1-2H3,(H,22,24,25,26). The normalized spacial score (nSPS) is 14.5. The Balaban J connectivity index is 1.50. The van der Waals surface area contributed by atoms with Gasteiger partial charge in [-0.05, 0) is 30.0 Å². The van der Waals surface area contributed by atoms with Crippen molar-refractivity contribution in [2.45, 2.75) is 32.2 Å². The van der Waals surface area contributed by atoms with Crippen LogP contribution in [0.15, 0.2) is 36.7 Å². The third-order valence-corrected chi connectivity index (χ3v) is 5.09. The number of benzene rings is 1. The molecule has 1 fully saturated rings. The van der Waals surface area contributed by atoms with Gasteiger partial charge in [0.2, 0.25) is 11.9 Å². The maximum Gasteiger partial charge on any atom is 0.322 e. The fourth-order valence-corrected chi connectivity index (χ4v) is 3.54. The molecule has 1 aliphatic rings. The number of aromatic nitrogens is 5. The predicted molar refractivity (Wildman–Crippen MR) is 113 cm³/mol. The van der Waals surface area contributed by atoms with Crippen molar-refractivity contribution in [3.05, 3.63) is 42.2 Å². The Bertz CT molecular complexity index is 948. The third kappa shape index (κ3) is 4.82. The molecule has 0 atom stereocenters. The van der Waals surface area contributed by atoms with E-state index in [0.717, 1.165) is 42.6 Å². The molecule has 8 heteroatoms. The maximum atomic E-state index is 5.31. The minimum absolute atomic E-state index is 0.339. The number of aryl methyl sites for hydroxylation is 1. The van der Waals surface area contributed by atoms with Crippen LogP contribution in [-0.2, 0) is 13.6 Å². The number of rotatable bonds is 6. The summed E-state index contributed by atoms with van der Waals surface area (Å²) in [5, 5.41) is 7.58. The van der Waals surface area contributed by atoms with Gasteiger partial charge >= 0.3 is 6.01 Å². The molecule has 0 saturated carbocycles. The minimum atomic E-state index is 0.339. The van der Waals surface area contributed by atoms with Gasteiger partial charge in [0.05, 0.1) is 13.3 Å². The molecule has 4 rings (SSSR count). The highest BCUT2D eigenvalue weighted by molar-refractivity contribution is 5.62. The lowest BCUT2D eigenvalue weighted by atomic mass is 10.1. The largest absolute Gasteiger partial charge is 0.467 e. The Morgan fingerprint density at radius 3 is 2.59 bits per heavy atom. The van der Waals surface area contributed by atoms with E-state index in [1.165, 1.54) is 12.8 Å². The van der Waals surface area contributed by atoms with Gasteiger partial charge in [-0.1, -0.05) is 31.0 Å². The second-order valence-corrected chi connectivity index (χ2v) is 7.30. The summed E-state index contributed by atoms with van der Waals surface area (Å²) in [5.74, 6) is 1.22. The Morgan fingerprint density at radius 2 is 1.86 bits per heavy atom. The summed E-state index contributed by atoms with van der Waals surface area (Å²) >= 11 is 0. The quantitative estimate of drug-likeness (QED) is 0.688. The summed E-state index contributed by atoms with van der Waals surface area (Å²) in [4.78, 5) is 15.7. The van der Waals surface area contributed by atoms with E-state index in [0.29, 0.717) is 24.5 Å². The van der Waals surface area contributed by atoms with Gasteiger partial charge in [0.1, 0.15) is 0 Å². The molecule has 2 aromatic heterocycles. The van der Waals surface area contributed by atoms with E-state index in [4.69, 9.17) is 4.74 Å². The first kappa shape index (κ1) is 19.2. The second-order valence-electron chi connectivity index (χ2n) is 7.30. The summed E-state index contributed by atoms with van der Waals surface area (Å²) in [6, 6.07) is 8.71. The van der Waals surface area contributed by atoms with Crippen LogP contribution in [0.3, 0.4) is 0 Å². The van der Waals surface area contributed by atoms with E-state index in [9.17, 15) is 0 Å². The molecule has 0 spiro atoms. The van der Waals surface area contributed by atoms with Crippen molar-refractivity contribution in [2.24, 2.45) is 7.05 Å². The molecular formula is C21H27N7O. The van der Waals surface area contributed by atoms with Crippen LogP contribution in [0.5, 0.6) is 6.01 Å². The van der Waals surface area contributed by atoms with Gasteiger partial charge in [-0.3, -0.25) is 4.68 Å². The zero-order valence-electron chi connectivity index (χ0n) is 17.0. The van der Waals surface area contributed by atoms with Gasteiger partial charge in [0.15, 0.2) is 0 Å². The van der Waals surface area contributed by atoms with Crippen molar-refractivity contribution in [3.63, 3.8) is 0 Å². The lowest BCUT2D eigenvalue weighted by molar-refractivity contribution is 0.378. The molecule has 152 valence electrons. The van der Waals surface area contributed by atoms with Gasteiger partial charge in [0, 0.05) is 38.4 Å². The number of nitrogens with one attached hydrogen (secondary N) is 1. The summed E-state index contributed by atoms with van der Waals surface area (Å²) in [6.45, 7) is 2.56. The molecule has 8 nitrogen and oxygen atoms in total. The zero-order valence-corrected chi connectivity index (χ0v) is 17.0. The monoisotopic (exact) mass is 393 g/mol. The number of ether oxygens (including phenoxy) is 1. The van der Waals surface area contributed by atoms with Crippen LogP contribution in [0.1, 0.15) is 31.2 Å². The van der Waals surface area contributed by atoms with Crippen molar-refractivity contribution < 1.29 is 4.74 Å². The first-order valence-corrected chi connectivity index (χ1v) is 10.1. The van der Waals surface area contributed by atoms with Crippen LogP contribution in [0.4, 0.5) is 11.9 Å². The van der Waals surface area contributed by atoms with E-state index in [2.05, 4.69) is 54.5 Å². The Hall–Kier alpha value is -3.16. The van der Waals surface area contributed by atoms with Crippen LogP contribution >= 0.6 is 0 Å². The highest BCUT2D eigenvalue weighted by Crippen LogP contribution is 2.21. The predicted octanol–water partition coefficient (Wildman–Crippen LogP) is 3.27. The number of hydrogen-bond acceptors (Lipinski definition) is 7. The van der Waals surface area contributed by atoms with E-state index < -0.39 is 0 Å². The molecule has 0 unspecified atom stereocenters. The van der Waals surface area contributed by atoms with Gasteiger partial charge in [-0.2, -0.15) is 20.1 Å². The third-order valence-electron chi connectivity index (χ3n) is 5.09. The fourth-order valence-electron chi connectivity index (χ4n) is 3.54. The summed E-state index contributed by atoms with van der Waals surface area (Å²) < 4.78 is 7.12. The molecule has 0 bridgehead atoms. The smallest absolute Gasteiger partial charge is 0.322 e. The molecule has 3 aromatic rings. The van der Waals surface area contributed by atoms with Gasteiger partial charge in [0.25, 0.3) is 0 Å². The van der Waals surface area contributed by atoms with E-state index in [-0.39, 0.29) is 0 Å². The first-order chi connectivity index (χ1) is 14.2. The molecule has 1 aliphatic heterocycles. The first-order valence-electron chi connectivity index (χ1n) is 10.1. The SMILES string of the molecule is COc1nc(NCc2cccc(-c3cnn(C)c3)c2)nc(N2CCCCCC2)n1. The second kappa shape index (κ2) is 8.89. The Kier molecular flexibility index (Phi) is 5.88. The van der Waals surface area contributed by atoms with E-state index in [1.54, 1.807) is 7.11 Å². The molecule has 1 N–H and O–H groups in total. The molecule has 29 heavy (non-hydrogen) atoms.